The molecular weight excluding hydrogens is 330 g/mol. The number of hydrogen-bond donors (Lipinski definition) is 0. The monoisotopic (exact) mass is 349 g/mol. The first-order valence-corrected chi connectivity index (χ1v) is 8.68. The zero-order valence-electron chi connectivity index (χ0n) is 14.4. The Labute approximate surface area is 151 Å². The molecule has 2 unspecified atom stereocenters. The van der Waals surface area contributed by atoms with Crippen molar-refractivity contribution in [2.24, 2.45) is 0 Å². The summed E-state index contributed by atoms with van der Waals surface area (Å²) in [6.45, 7) is 0.256. The molecule has 0 saturated heterocycles. The Morgan fingerprint density at radius 1 is 0.962 bits per heavy atom. The molecule has 2 atom stereocenters. The third kappa shape index (κ3) is 2.47. The van der Waals surface area contributed by atoms with E-state index in [2.05, 4.69) is 22.8 Å². The van der Waals surface area contributed by atoms with Gasteiger partial charge in [-0.25, -0.2) is 0 Å². The summed E-state index contributed by atoms with van der Waals surface area (Å²) >= 11 is 0. The third-order valence-electron chi connectivity index (χ3n) is 5.06. The minimum atomic E-state index is -0.0648. The number of ether oxygens (including phenoxy) is 4. The van der Waals surface area contributed by atoms with Gasteiger partial charge in [-0.1, -0.05) is 12.1 Å². The molecule has 0 bridgehead atoms. The SMILES string of the molecule is COc1ccc(C2CC(n3cccc3)Oc3cc4c(cc32)OCO4)cc1. The molecule has 0 N–H and O–H groups in total. The van der Waals surface area contributed by atoms with E-state index in [4.69, 9.17) is 18.9 Å². The summed E-state index contributed by atoms with van der Waals surface area (Å²) in [4.78, 5) is 0. The number of benzene rings is 2. The number of fused-ring (bicyclic) bond motifs is 2. The lowest BCUT2D eigenvalue weighted by Crippen LogP contribution is -2.23. The fraction of sp³-hybridized carbons (Fsp3) is 0.238. The first-order valence-electron chi connectivity index (χ1n) is 8.68. The maximum Gasteiger partial charge on any atom is 0.231 e. The van der Waals surface area contributed by atoms with Crippen molar-refractivity contribution in [2.75, 3.05) is 13.9 Å². The molecule has 0 saturated carbocycles. The van der Waals surface area contributed by atoms with Crippen LogP contribution < -0.4 is 18.9 Å². The summed E-state index contributed by atoms with van der Waals surface area (Å²) in [6, 6.07) is 16.3. The molecule has 0 spiro atoms. The predicted octanol–water partition coefficient (Wildman–Crippen LogP) is 4.34. The summed E-state index contributed by atoms with van der Waals surface area (Å²) in [5.74, 6) is 3.43. The van der Waals surface area contributed by atoms with Crippen molar-refractivity contribution in [2.45, 2.75) is 18.6 Å². The summed E-state index contributed by atoms with van der Waals surface area (Å²) in [6.07, 6.45) is 4.85. The highest BCUT2D eigenvalue weighted by atomic mass is 16.7. The number of nitrogens with zero attached hydrogens (tertiary/aromatic N) is 1. The molecule has 1 aromatic heterocycles. The molecule has 0 fully saturated rings. The van der Waals surface area contributed by atoms with Crippen LogP contribution in [0.5, 0.6) is 23.0 Å². The van der Waals surface area contributed by atoms with Gasteiger partial charge < -0.3 is 23.5 Å². The van der Waals surface area contributed by atoms with E-state index in [1.165, 1.54) is 5.56 Å². The predicted molar refractivity (Wildman–Crippen MR) is 96.1 cm³/mol. The Kier molecular flexibility index (Phi) is 3.52. The molecule has 0 amide bonds. The van der Waals surface area contributed by atoms with Crippen LogP contribution in [0.25, 0.3) is 0 Å². The molecule has 2 aliphatic rings. The maximum atomic E-state index is 6.30. The van der Waals surface area contributed by atoms with Gasteiger partial charge in [-0.05, 0) is 35.9 Å². The van der Waals surface area contributed by atoms with Gasteiger partial charge in [0, 0.05) is 36.4 Å². The number of methoxy groups -OCH3 is 1. The van der Waals surface area contributed by atoms with Crippen LogP contribution in [0.1, 0.15) is 29.7 Å². The Morgan fingerprint density at radius 2 is 1.69 bits per heavy atom. The summed E-state index contributed by atoms with van der Waals surface area (Å²) in [7, 11) is 1.68. The van der Waals surface area contributed by atoms with Crippen LogP contribution in [-0.4, -0.2) is 18.5 Å². The molecule has 2 aromatic carbocycles. The summed E-state index contributed by atoms with van der Waals surface area (Å²) in [5.41, 5.74) is 2.36. The molecule has 26 heavy (non-hydrogen) atoms. The highest BCUT2D eigenvalue weighted by Crippen LogP contribution is 2.49. The van der Waals surface area contributed by atoms with Crippen molar-refractivity contribution >= 4 is 0 Å². The standard InChI is InChI=1S/C21H19NO4/c1-23-15-6-4-14(5-7-15)16-11-21(22-8-2-3-9-22)26-18-12-20-19(10-17(16)18)24-13-25-20/h2-10,12,16,21H,11,13H2,1H3. The Bertz CT molecular complexity index is 918. The smallest absolute Gasteiger partial charge is 0.231 e. The molecule has 3 aromatic rings. The lowest BCUT2D eigenvalue weighted by atomic mass is 9.85. The molecular formula is C21H19NO4. The van der Waals surface area contributed by atoms with E-state index in [0.717, 1.165) is 35.0 Å². The van der Waals surface area contributed by atoms with E-state index < -0.39 is 0 Å². The second-order valence-electron chi connectivity index (χ2n) is 6.51. The van der Waals surface area contributed by atoms with Crippen molar-refractivity contribution in [1.82, 2.24) is 4.57 Å². The third-order valence-corrected chi connectivity index (χ3v) is 5.06. The van der Waals surface area contributed by atoms with Gasteiger partial charge in [-0.3, -0.25) is 0 Å². The van der Waals surface area contributed by atoms with E-state index >= 15 is 0 Å². The lowest BCUT2D eigenvalue weighted by Gasteiger charge is -2.33. The molecule has 3 heterocycles. The van der Waals surface area contributed by atoms with Gasteiger partial charge in [0.1, 0.15) is 11.5 Å². The Balaban J connectivity index is 1.60. The largest absolute Gasteiger partial charge is 0.497 e. The van der Waals surface area contributed by atoms with Crippen LogP contribution in [-0.2, 0) is 0 Å². The fourth-order valence-electron chi connectivity index (χ4n) is 3.71. The molecule has 0 radical (unpaired) electrons. The van der Waals surface area contributed by atoms with Crippen LogP contribution >= 0.6 is 0 Å². The van der Waals surface area contributed by atoms with Crippen LogP contribution in [0.4, 0.5) is 0 Å². The van der Waals surface area contributed by atoms with Gasteiger partial charge in [-0.15, -0.1) is 0 Å². The topological polar surface area (TPSA) is 41.9 Å². The lowest BCUT2D eigenvalue weighted by molar-refractivity contribution is 0.0995. The van der Waals surface area contributed by atoms with Gasteiger partial charge in [0.15, 0.2) is 17.7 Å². The summed E-state index contributed by atoms with van der Waals surface area (Å²) < 4.78 is 24.8. The quantitative estimate of drug-likeness (QED) is 0.705. The normalized spacial score (nSPS) is 20.3. The minimum Gasteiger partial charge on any atom is -0.497 e. The van der Waals surface area contributed by atoms with Crippen molar-refractivity contribution in [1.29, 1.82) is 0 Å². The number of rotatable bonds is 3. The van der Waals surface area contributed by atoms with E-state index in [1.807, 2.05) is 42.7 Å². The maximum absolute atomic E-state index is 6.30. The number of hydrogen-bond acceptors (Lipinski definition) is 4. The first kappa shape index (κ1) is 15.2. The van der Waals surface area contributed by atoms with Gasteiger partial charge in [0.2, 0.25) is 6.79 Å². The van der Waals surface area contributed by atoms with Crippen LogP contribution in [0.3, 0.4) is 0 Å². The van der Waals surface area contributed by atoms with Crippen LogP contribution in [0.15, 0.2) is 60.9 Å². The molecule has 2 aliphatic heterocycles. The molecule has 5 nitrogen and oxygen atoms in total. The first-order chi connectivity index (χ1) is 12.8. The van der Waals surface area contributed by atoms with Gasteiger partial charge in [-0.2, -0.15) is 0 Å². The summed E-state index contributed by atoms with van der Waals surface area (Å²) in [5, 5.41) is 0. The van der Waals surface area contributed by atoms with Crippen LogP contribution in [0, 0.1) is 0 Å². The van der Waals surface area contributed by atoms with E-state index in [1.54, 1.807) is 7.11 Å². The molecule has 132 valence electrons. The van der Waals surface area contributed by atoms with Gasteiger partial charge in [0.25, 0.3) is 0 Å². The van der Waals surface area contributed by atoms with Crippen molar-refractivity contribution in [3.63, 3.8) is 0 Å². The van der Waals surface area contributed by atoms with Crippen molar-refractivity contribution < 1.29 is 18.9 Å². The van der Waals surface area contributed by atoms with Crippen molar-refractivity contribution in [3.8, 4) is 23.0 Å². The minimum absolute atomic E-state index is 0.0648. The Hall–Kier alpha value is -3.08. The van der Waals surface area contributed by atoms with Crippen molar-refractivity contribution in [3.05, 3.63) is 72.1 Å². The average Bonchev–Trinajstić information content (AvgIpc) is 3.37. The van der Waals surface area contributed by atoms with Gasteiger partial charge >= 0.3 is 0 Å². The average molecular weight is 349 g/mol. The Morgan fingerprint density at radius 3 is 2.42 bits per heavy atom. The second kappa shape index (κ2) is 6.02. The van der Waals surface area contributed by atoms with Gasteiger partial charge in [0.05, 0.1) is 7.11 Å². The highest BCUT2D eigenvalue weighted by Gasteiger charge is 2.32. The zero-order chi connectivity index (χ0) is 17.5. The zero-order valence-corrected chi connectivity index (χ0v) is 14.4. The van der Waals surface area contributed by atoms with E-state index in [0.29, 0.717) is 0 Å². The van der Waals surface area contributed by atoms with E-state index in [9.17, 15) is 0 Å². The molecule has 5 rings (SSSR count). The van der Waals surface area contributed by atoms with E-state index in [-0.39, 0.29) is 18.9 Å². The van der Waals surface area contributed by atoms with Crippen LogP contribution in [0.2, 0.25) is 0 Å². The number of aromatic nitrogens is 1. The highest BCUT2D eigenvalue weighted by molar-refractivity contribution is 5.55. The second-order valence-corrected chi connectivity index (χ2v) is 6.51. The molecule has 5 heteroatoms. The molecule has 0 aliphatic carbocycles. The fourth-order valence-corrected chi connectivity index (χ4v) is 3.71.